The summed E-state index contributed by atoms with van der Waals surface area (Å²) in [6.07, 6.45) is 0.703. The van der Waals surface area contributed by atoms with Crippen LogP contribution in [0, 0.1) is 5.82 Å². The van der Waals surface area contributed by atoms with Gasteiger partial charge in [-0.05, 0) is 41.8 Å². The van der Waals surface area contributed by atoms with E-state index in [4.69, 9.17) is 10.5 Å². The predicted octanol–water partition coefficient (Wildman–Crippen LogP) is 3.47. The van der Waals surface area contributed by atoms with Crippen molar-refractivity contribution in [2.24, 2.45) is 5.73 Å². The van der Waals surface area contributed by atoms with Gasteiger partial charge in [-0.1, -0.05) is 31.2 Å². The van der Waals surface area contributed by atoms with E-state index in [2.05, 4.69) is 13.0 Å². The molecule has 2 aromatic carbocycles. The first-order chi connectivity index (χ1) is 9.22. The Bertz CT molecular complexity index is 525. The monoisotopic (exact) mass is 259 g/mol. The molecule has 3 heteroatoms. The average molecular weight is 259 g/mol. The Hall–Kier alpha value is -1.87. The minimum Gasteiger partial charge on any atom is -0.484 e. The van der Waals surface area contributed by atoms with Gasteiger partial charge in [-0.15, -0.1) is 0 Å². The van der Waals surface area contributed by atoms with Gasteiger partial charge < -0.3 is 10.5 Å². The lowest BCUT2D eigenvalue weighted by atomic mass is 10.1. The van der Waals surface area contributed by atoms with E-state index in [1.165, 1.54) is 17.7 Å². The van der Waals surface area contributed by atoms with Gasteiger partial charge in [0.25, 0.3) is 0 Å². The number of hydrogen-bond donors (Lipinski definition) is 1. The maximum Gasteiger partial charge on any atom is 0.136 e. The molecule has 0 aliphatic rings. The Kier molecular flexibility index (Phi) is 4.53. The molecule has 2 nitrogen and oxygen atoms in total. The summed E-state index contributed by atoms with van der Waals surface area (Å²) in [5.74, 6) is 0.534. The average Bonchev–Trinajstić information content (AvgIpc) is 2.46. The van der Waals surface area contributed by atoms with Crippen LogP contribution in [0.3, 0.4) is 0 Å². The van der Waals surface area contributed by atoms with Gasteiger partial charge in [0, 0.05) is 6.54 Å². The quantitative estimate of drug-likeness (QED) is 0.892. The van der Waals surface area contributed by atoms with Gasteiger partial charge in [-0.25, -0.2) is 4.39 Å². The fourth-order valence-electron chi connectivity index (χ4n) is 1.93. The van der Waals surface area contributed by atoms with Gasteiger partial charge >= 0.3 is 0 Å². The molecule has 2 aromatic rings. The highest BCUT2D eigenvalue weighted by Gasteiger charge is 2.11. The molecule has 1 atom stereocenters. The number of benzene rings is 2. The van der Waals surface area contributed by atoms with E-state index in [0.29, 0.717) is 6.54 Å². The minimum absolute atomic E-state index is 0.257. The van der Waals surface area contributed by atoms with Crippen LogP contribution < -0.4 is 10.5 Å². The van der Waals surface area contributed by atoms with E-state index >= 15 is 0 Å². The molecule has 0 bridgehead atoms. The van der Waals surface area contributed by atoms with Crippen molar-refractivity contribution in [3.63, 3.8) is 0 Å². The maximum atomic E-state index is 12.9. The molecule has 0 aliphatic carbocycles. The van der Waals surface area contributed by atoms with E-state index in [9.17, 15) is 4.39 Å². The SMILES string of the molecule is CCc1cccc(OC(CN)c2ccc(F)cc2)c1. The Morgan fingerprint density at radius 2 is 1.89 bits per heavy atom. The predicted molar refractivity (Wildman–Crippen MR) is 74.6 cm³/mol. The lowest BCUT2D eigenvalue weighted by molar-refractivity contribution is 0.214. The first-order valence-corrected chi connectivity index (χ1v) is 6.44. The number of ether oxygens (including phenoxy) is 1. The van der Waals surface area contributed by atoms with E-state index in [1.807, 2.05) is 18.2 Å². The van der Waals surface area contributed by atoms with Crippen LogP contribution in [0.15, 0.2) is 48.5 Å². The third-order valence-electron chi connectivity index (χ3n) is 3.04. The Morgan fingerprint density at radius 3 is 2.53 bits per heavy atom. The van der Waals surface area contributed by atoms with Crippen molar-refractivity contribution in [2.45, 2.75) is 19.4 Å². The first-order valence-electron chi connectivity index (χ1n) is 6.44. The second-order valence-corrected chi connectivity index (χ2v) is 4.39. The molecule has 0 saturated carbocycles. The van der Waals surface area contributed by atoms with E-state index in [1.54, 1.807) is 12.1 Å². The second kappa shape index (κ2) is 6.34. The van der Waals surface area contributed by atoms with Gasteiger partial charge in [-0.3, -0.25) is 0 Å². The summed E-state index contributed by atoms with van der Waals surface area (Å²) in [5.41, 5.74) is 7.84. The van der Waals surface area contributed by atoms with Crippen LogP contribution in [0.2, 0.25) is 0 Å². The van der Waals surface area contributed by atoms with E-state index in [-0.39, 0.29) is 11.9 Å². The van der Waals surface area contributed by atoms with Crippen LogP contribution in [0.4, 0.5) is 4.39 Å². The minimum atomic E-state index is -0.257. The smallest absolute Gasteiger partial charge is 0.136 e. The Balaban J connectivity index is 2.16. The maximum absolute atomic E-state index is 12.9. The topological polar surface area (TPSA) is 35.2 Å². The molecular formula is C16H18FNO. The molecule has 0 aliphatic heterocycles. The molecule has 0 fully saturated rings. The first kappa shape index (κ1) is 13.6. The van der Waals surface area contributed by atoms with Crippen LogP contribution in [-0.4, -0.2) is 6.54 Å². The summed E-state index contributed by atoms with van der Waals surface area (Å²) < 4.78 is 18.8. The van der Waals surface area contributed by atoms with Gasteiger partial charge in [0.05, 0.1) is 0 Å². The molecule has 100 valence electrons. The summed E-state index contributed by atoms with van der Waals surface area (Å²) in [4.78, 5) is 0. The normalized spacial score (nSPS) is 12.2. The highest BCUT2D eigenvalue weighted by molar-refractivity contribution is 5.30. The van der Waals surface area contributed by atoms with Crippen molar-refractivity contribution < 1.29 is 9.13 Å². The highest BCUT2D eigenvalue weighted by Crippen LogP contribution is 2.22. The van der Waals surface area contributed by atoms with E-state index < -0.39 is 0 Å². The third kappa shape index (κ3) is 3.55. The van der Waals surface area contributed by atoms with Gasteiger partial charge in [0.2, 0.25) is 0 Å². The number of nitrogens with two attached hydrogens (primary N) is 1. The molecule has 2 rings (SSSR count). The molecule has 1 unspecified atom stereocenters. The van der Waals surface area contributed by atoms with Gasteiger partial charge in [0.15, 0.2) is 0 Å². The zero-order valence-corrected chi connectivity index (χ0v) is 11.0. The molecule has 0 radical (unpaired) electrons. The number of halogens is 1. The van der Waals surface area contributed by atoms with Crippen LogP contribution in [0.25, 0.3) is 0 Å². The molecule has 2 N–H and O–H groups in total. The summed E-state index contributed by atoms with van der Waals surface area (Å²) in [6, 6.07) is 14.2. The van der Waals surface area contributed by atoms with Gasteiger partial charge in [-0.2, -0.15) is 0 Å². The molecule has 0 spiro atoms. The van der Waals surface area contributed by atoms with Crippen molar-refractivity contribution in [1.82, 2.24) is 0 Å². The summed E-state index contributed by atoms with van der Waals surface area (Å²) in [7, 11) is 0. The lowest BCUT2D eigenvalue weighted by Crippen LogP contribution is -2.18. The molecule has 0 aromatic heterocycles. The molecule has 0 amide bonds. The second-order valence-electron chi connectivity index (χ2n) is 4.39. The fraction of sp³-hybridized carbons (Fsp3) is 0.250. The van der Waals surface area contributed by atoms with Crippen molar-refractivity contribution in [3.8, 4) is 5.75 Å². The van der Waals surface area contributed by atoms with Crippen LogP contribution in [0.5, 0.6) is 5.75 Å². The summed E-state index contributed by atoms with van der Waals surface area (Å²) in [5, 5.41) is 0. The van der Waals surface area contributed by atoms with Crippen molar-refractivity contribution >= 4 is 0 Å². The zero-order valence-electron chi connectivity index (χ0n) is 11.0. The highest BCUT2D eigenvalue weighted by atomic mass is 19.1. The summed E-state index contributed by atoms with van der Waals surface area (Å²) >= 11 is 0. The number of hydrogen-bond acceptors (Lipinski definition) is 2. The standard InChI is InChI=1S/C16H18FNO/c1-2-12-4-3-5-15(10-12)19-16(11-18)13-6-8-14(17)9-7-13/h3-10,16H,2,11,18H2,1H3. The summed E-state index contributed by atoms with van der Waals surface area (Å²) in [6.45, 7) is 2.45. The Labute approximate surface area is 113 Å². The molecule has 0 saturated heterocycles. The zero-order chi connectivity index (χ0) is 13.7. The molecule has 19 heavy (non-hydrogen) atoms. The largest absolute Gasteiger partial charge is 0.484 e. The van der Waals surface area contributed by atoms with Crippen LogP contribution in [-0.2, 0) is 6.42 Å². The lowest BCUT2D eigenvalue weighted by Gasteiger charge is -2.18. The number of aryl methyl sites for hydroxylation is 1. The van der Waals surface area contributed by atoms with Crippen molar-refractivity contribution in [3.05, 3.63) is 65.5 Å². The van der Waals surface area contributed by atoms with Crippen LogP contribution >= 0.6 is 0 Å². The molecular weight excluding hydrogens is 241 g/mol. The fourth-order valence-corrected chi connectivity index (χ4v) is 1.93. The van der Waals surface area contributed by atoms with Crippen LogP contribution in [0.1, 0.15) is 24.2 Å². The van der Waals surface area contributed by atoms with E-state index in [0.717, 1.165) is 17.7 Å². The van der Waals surface area contributed by atoms with Crippen molar-refractivity contribution in [2.75, 3.05) is 6.54 Å². The Morgan fingerprint density at radius 1 is 1.16 bits per heavy atom. The van der Waals surface area contributed by atoms with Gasteiger partial charge in [0.1, 0.15) is 17.7 Å². The molecule has 0 heterocycles. The van der Waals surface area contributed by atoms with Crippen molar-refractivity contribution in [1.29, 1.82) is 0 Å². The number of rotatable bonds is 5. The third-order valence-corrected chi connectivity index (χ3v) is 3.04.